The predicted molar refractivity (Wildman–Crippen MR) is 72.5 cm³/mol. The number of halogens is 1. The average molecular weight is 327 g/mol. The molecule has 0 saturated heterocycles. The van der Waals surface area contributed by atoms with Gasteiger partial charge < -0.3 is 9.88 Å². The molecule has 8 heteroatoms. The fourth-order valence-corrected chi connectivity index (χ4v) is 2.24. The number of carbonyl (C=O) groups excluding carboxylic acids is 1. The van der Waals surface area contributed by atoms with E-state index in [0.29, 0.717) is 11.5 Å². The van der Waals surface area contributed by atoms with Crippen molar-refractivity contribution in [1.29, 1.82) is 0 Å². The first-order chi connectivity index (χ1) is 9.11. The molecule has 19 heavy (non-hydrogen) atoms. The maximum Gasteiger partial charge on any atom is 0.268 e. The molecule has 2 aromatic heterocycles. The number of nitrogens with one attached hydrogen (secondary N) is 2. The van der Waals surface area contributed by atoms with Crippen LogP contribution < -0.4 is 5.32 Å². The number of carbonyl (C=O) groups is 1. The van der Waals surface area contributed by atoms with Crippen LogP contribution in [0.25, 0.3) is 0 Å². The molecule has 2 rings (SSSR count). The molecular weight excluding hydrogens is 312 g/mol. The first-order valence-corrected chi connectivity index (χ1v) is 6.81. The number of aryl methyl sites for hydroxylation is 1. The van der Waals surface area contributed by atoms with E-state index in [9.17, 15) is 4.79 Å². The van der Waals surface area contributed by atoms with Crippen LogP contribution in [0.2, 0.25) is 0 Å². The van der Waals surface area contributed by atoms with Crippen LogP contribution in [0.4, 0.5) is 0 Å². The Balaban J connectivity index is 2.11. The molecule has 1 atom stereocenters. The Kier molecular flexibility index (Phi) is 4.31. The van der Waals surface area contributed by atoms with E-state index >= 15 is 0 Å². The summed E-state index contributed by atoms with van der Waals surface area (Å²) in [6, 6.07) is 1.50. The molecule has 0 aromatic carbocycles. The largest absolute Gasteiger partial charge is 0.342 e. The summed E-state index contributed by atoms with van der Waals surface area (Å²) >= 11 is 3.39. The summed E-state index contributed by atoms with van der Waals surface area (Å²) in [7, 11) is 0. The van der Waals surface area contributed by atoms with Gasteiger partial charge in [0.1, 0.15) is 5.69 Å². The lowest BCUT2D eigenvalue weighted by atomic mass is 10.3. The van der Waals surface area contributed by atoms with Crippen LogP contribution in [0.3, 0.4) is 0 Å². The summed E-state index contributed by atoms with van der Waals surface area (Å²) in [6.45, 7) is 4.67. The molecule has 7 nitrogen and oxygen atoms in total. The highest BCUT2D eigenvalue weighted by Gasteiger charge is 2.18. The van der Waals surface area contributed by atoms with Crippen molar-refractivity contribution in [1.82, 2.24) is 30.5 Å². The highest BCUT2D eigenvalue weighted by atomic mass is 79.9. The van der Waals surface area contributed by atoms with Crippen molar-refractivity contribution in [2.24, 2.45) is 0 Å². The Morgan fingerprint density at radius 2 is 2.42 bits per heavy atom. The molecule has 0 radical (unpaired) electrons. The summed E-state index contributed by atoms with van der Waals surface area (Å²) in [5.41, 5.74) is 0.615. The molecule has 0 bridgehead atoms. The van der Waals surface area contributed by atoms with Crippen LogP contribution in [-0.2, 0) is 6.54 Å². The van der Waals surface area contributed by atoms with Gasteiger partial charge in [0.25, 0.3) is 5.91 Å². The maximum absolute atomic E-state index is 12.2. The van der Waals surface area contributed by atoms with Crippen LogP contribution in [0.15, 0.2) is 16.7 Å². The van der Waals surface area contributed by atoms with Gasteiger partial charge in [0, 0.05) is 17.2 Å². The van der Waals surface area contributed by atoms with Crippen LogP contribution in [0.1, 0.15) is 42.6 Å². The third-order valence-corrected chi connectivity index (χ3v) is 3.09. The Morgan fingerprint density at radius 1 is 1.63 bits per heavy atom. The SMILES string of the molecule is CCCn1cc(Br)cc1C(=O)NC(C)c1nn[nH]n1. The summed E-state index contributed by atoms with van der Waals surface area (Å²) in [6.07, 6.45) is 2.86. The van der Waals surface area contributed by atoms with E-state index in [1.54, 1.807) is 6.07 Å². The molecule has 2 N–H and O–H groups in total. The van der Waals surface area contributed by atoms with Gasteiger partial charge in [0.15, 0.2) is 5.82 Å². The molecule has 1 amide bonds. The lowest BCUT2D eigenvalue weighted by molar-refractivity contribution is 0.0928. The number of hydrogen-bond donors (Lipinski definition) is 2. The van der Waals surface area contributed by atoms with Crippen molar-refractivity contribution in [3.8, 4) is 0 Å². The first-order valence-electron chi connectivity index (χ1n) is 6.01. The highest BCUT2D eigenvalue weighted by Crippen LogP contribution is 2.16. The molecule has 0 fully saturated rings. The summed E-state index contributed by atoms with van der Waals surface area (Å²) in [4.78, 5) is 12.2. The second kappa shape index (κ2) is 5.96. The zero-order valence-corrected chi connectivity index (χ0v) is 12.3. The number of hydrogen-bond acceptors (Lipinski definition) is 4. The smallest absolute Gasteiger partial charge is 0.268 e. The number of H-pyrrole nitrogens is 1. The van der Waals surface area contributed by atoms with Gasteiger partial charge in [0.2, 0.25) is 0 Å². The van der Waals surface area contributed by atoms with Crippen LogP contribution in [0.5, 0.6) is 0 Å². The molecule has 0 spiro atoms. The van der Waals surface area contributed by atoms with Crippen LogP contribution >= 0.6 is 15.9 Å². The van der Waals surface area contributed by atoms with Gasteiger partial charge in [-0.15, -0.1) is 10.2 Å². The van der Waals surface area contributed by atoms with Gasteiger partial charge in [-0.3, -0.25) is 4.79 Å². The van der Waals surface area contributed by atoms with Crippen LogP contribution in [0, 0.1) is 0 Å². The fourth-order valence-electron chi connectivity index (χ4n) is 1.78. The third-order valence-electron chi connectivity index (χ3n) is 2.66. The normalized spacial score (nSPS) is 12.4. The topological polar surface area (TPSA) is 88.5 Å². The number of tetrazole rings is 1. The Morgan fingerprint density at radius 3 is 3.05 bits per heavy atom. The van der Waals surface area contributed by atoms with Gasteiger partial charge >= 0.3 is 0 Å². The molecule has 0 saturated carbocycles. The van der Waals surface area contributed by atoms with E-state index in [-0.39, 0.29) is 11.9 Å². The monoisotopic (exact) mass is 326 g/mol. The van der Waals surface area contributed by atoms with Gasteiger partial charge in [-0.05, 0) is 35.3 Å². The zero-order chi connectivity index (χ0) is 13.8. The lowest BCUT2D eigenvalue weighted by Crippen LogP contribution is -2.29. The van der Waals surface area contributed by atoms with E-state index in [1.807, 2.05) is 17.7 Å². The summed E-state index contributed by atoms with van der Waals surface area (Å²) in [5.74, 6) is 0.303. The van der Waals surface area contributed by atoms with Crippen molar-refractivity contribution in [2.45, 2.75) is 32.9 Å². The summed E-state index contributed by atoms with van der Waals surface area (Å²) in [5, 5.41) is 16.4. The van der Waals surface area contributed by atoms with Gasteiger partial charge in [0.05, 0.1) is 6.04 Å². The predicted octanol–water partition coefficient (Wildman–Crippen LogP) is 1.66. The second-order valence-corrected chi connectivity index (χ2v) is 5.12. The van der Waals surface area contributed by atoms with E-state index in [0.717, 1.165) is 17.4 Å². The number of aromatic amines is 1. The quantitative estimate of drug-likeness (QED) is 0.874. The van der Waals surface area contributed by atoms with Crippen LogP contribution in [-0.4, -0.2) is 31.1 Å². The zero-order valence-electron chi connectivity index (χ0n) is 10.7. The van der Waals surface area contributed by atoms with E-state index in [2.05, 4.69) is 48.8 Å². The number of amides is 1. The van der Waals surface area contributed by atoms with E-state index < -0.39 is 0 Å². The highest BCUT2D eigenvalue weighted by molar-refractivity contribution is 9.10. The average Bonchev–Trinajstić information content (AvgIpc) is 2.99. The summed E-state index contributed by atoms with van der Waals surface area (Å²) < 4.78 is 2.81. The van der Waals surface area contributed by atoms with Gasteiger partial charge in [-0.25, -0.2) is 0 Å². The Hall–Kier alpha value is -1.70. The molecule has 102 valence electrons. The van der Waals surface area contributed by atoms with Gasteiger partial charge in [-0.2, -0.15) is 5.21 Å². The number of aromatic nitrogens is 5. The fraction of sp³-hybridized carbons (Fsp3) is 0.455. The van der Waals surface area contributed by atoms with Crippen molar-refractivity contribution in [2.75, 3.05) is 0 Å². The second-order valence-electron chi connectivity index (χ2n) is 4.20. The Bertz CT molecular complexity index is 550. The third kappa shape index (κ3) is 3.19. The van der Waals surface area contributed by atoms with Crippen molar-refractivity contribution >= 4 is 21.8 Å². The molecule has 1 unspecified atom stereocenters. The van der Waals surface area contributed by atoms with Crippen molar-refractivity contribution < 1.29 is 4.79 Å². The minimum atomic E-state index is -0.296. The molecule has 2 heterocycles. The molecule has 0 aliphatic heterocycles. The maximum atomic E-state index is 12.2. The van der Waals surface area contributed by atoms with Crippen molar-refractivity contribution in [3.63, 3.8) is 0 Å². The minimum absolute atomic E-state index is 0.156. The number of nitrogens with zero attached hydrogens (tertiary/aromatic N) is 4. The van der Waals surface area contributed by atoms with E-state index in [1.165, 1.54) is 0 Å². The molecule has 0 aliphatic rings. The Labute approximate surface area is 118 Å². The van der Waals surface area contributed by atoms with Gasteiger partial charge in [-0.1, -0.05) is 12.1 Å². The number of rotatable bonds is 5. The standard InChI is InChI=1S/C11H15BrN6O/c1-3-4-18-6-8(12)5-9(18)11(19)13-7(2)10-14-16-17-15-10/h5-7H,3-4H2,1-2H3,(H,13,19)(H,14,15,16,17). The minimum Gasteiger partial charge on any atom is -0.342 e. The van der Waals surface area contributed by atoms with E-state index in [4.69, 9.17) is 0 Å². The molecule has 0 aliphatic carbocycles. The molecule has 2 aromatic rings. The first kappa shape index (κ1) is 13.7. The lowest BCUT2D eigenvalue weighted by Gasteiger charge is -2.11. The molecular formula is C11H15BrN6O. The van der Waals surface area contributed by atoms with Crippen molar-refractivity contribution in [3.05, 3.63) is 28.3 Å².